The molecule has 3 heterocycles. The highest BCUT2D eigenvalue weighted by Gasteiger charge is 2.33. The lowest BCUT2D eigenvalue weighted by molar-refractivity contribution is -0.148. The molecule has 2 aliphatic rings. The molecule has 2 aliphatic heterocycles. The first-order valence-electron chi connectivity index (χ1n) is 7.90. The summed E-state index contributed by atoms with van der Waals surface area (Å²) in [5, 5.41) is 7.22. The van der Waals surface area contributed by atoms with Gasteiger partial charge in [0, 0.05) is 18.6 Å². The third-order valence-electron chi connectivity index (χ3n) is 4.06. The molecule has 0 spiro atoms. The van der Waals surface area contributed by atoms with Gasteiger partial charge in [0.2, 0.25) is 0 Å². The van der Waals surface area contributed by atoms with Crippen LogP contribution >= 0.6 is 0 Å². The normalized spacial score (nSPS) is 26.4. The SMILES string of the molecule is CC(C)(C)c1n[nH]c(C2CN(C(=O)C3CCCO3)CCO2)n1. The molecule has 0 bridgehead atoms. The zero-order chi connectivity index (χ0) is 15.7. The van der Waals surface area contributed by atoms with Crippen molar-refractivity contribution in [3.63, 3.8) is 0 Å². The molecular weight excluding hydrogens is 284 g/mol. The summed E-state index contributed by atoms with van der Waals surface area (Å²) in [6.45, 7) is 8.49. The highest BCUT2D eigenvalue weighted by molar-refractivity contribution is 5.81. The second-order valence-corrected chi connectivity index (χ2v) is 6.94. The highest BCUT2D eigenvalue weighted by atomic mass is 16.5. The maximum absolute atomic E-state index is 12.4. The second-order valence-electron chi connectivity index (χ2n) is 6.94. The molecule has 1 N–H and O–H groups in total. The Hall–Kier alpha value is -1.47. The highest BCUT2D eigenvalue weighted by Crippen LogP contribution is 2.24. The Balaban J connectivity index is 1.67. The van der Waals surface area contributed by atoms with Gasteiger partial charge in [-0.15, -0.1) is 0 Å². The van der Waals surface area contributed by atoms with E-state index in [9.17, 15) is 4.79 Å². The van der Waals surface area contributed by atoms with E-state index in [1.807, 2.05) is 4.90 Å². The van der Waals surface area contributed by atoms with Crippen LogP contribution in [0.4, 0.5) is 0 Å². The van der Waals surface area contributed by atoms with E-state index in [1.54, 1.807) is 0 Å². The van der Waals surface area contributed by atoms with Gasteiger partial charge >= 0.3 is 0 Å². The van der Waals surface area contributed by atoms with E-state index in [2.05, 4.69) is 36.0 Å². The minimum absolute atomic E-state index is 0.0707. The summed E-state index contributed by atoms with van der Waals surface area (Å²) < 4.78 is 11.3. The van der Waals surface area contributed by atoms with Crippen molar-refractivity contribution >= 4 is 5.91 Å². The maximum atomic E-state index is 12.4. The molecule has 122 valence electrons. The van der Waals surface area contributed by atoms with E-state index >= 15 is 0 Å². The van der Waals surface area contributed by atoms with Gasteiger partial charge in [0.05, 0.1) is 13.2 Å². The van der Waals surface area contributed by atoms with Crippen molar-refractivity contribution in [2.75, 3.05) is 26.3 Å². The lowest BCUT2D eigenvalue weighted by Gasteiger charge is -2.33. The van der Waals surface area contributed by atoms with Crippen LogP contribution < -0.4 is 0 Å². The number of carbonyl (C=O) groups is 1. The van der Waals surface area contributed by atoms with Gasteiger partial charge in [-0.1, -0.05) is 20.8 Å². The van der Waals surface area contributed by atoms with Gasteiger partial charge in [0.25, 0.3) is 5.91 Å². The third-order valence-corrected chi connectivity index (χ3v) is 4.06. The van der Waals surface area contributed by atoms with Gasteiger partial charge in [-0.05, 0) is 12.8 Å². The summed E-state index contributed by atoms with van der Waals surface area (Å²) in [6.07, 6.45) is 1.25. The summed E-state index contributed by atoms with van der Waals surface area (Å²) in [5.74, 6) is 1.52. The smallest absolute Gasteiger partial charge is 0.251 e. The lowest BCUT2D eigenvalue weighted by Crippen LogP contribution is -2.46. The first-order valence-corrected chi connectivity index (χ1v) is 7.90. The number of nitrogens with one attached hydrogen (secondary N) is 1. The topological polar surface area (TPSA) is 80.3 Å². The number of aromatic nitrogens is 3. The summed E-state index contributed by atoms with van der Waals surface area (Å²) in [7, 11) is 0. The van der Waals surface area contributed by atoms with E-state index in [4.69, 9.17) is 9.47 Å². The standard InChI is InChI=1S/C15H24N4O3/c1-15(2,3)14-16-12(17-18-14)11-9-19(6-8-22-11)13(20)10-5-4-7-21-10/h10-11H,4-9H2,1-3H3,(H,16,17,18). The quantitative estimate of drug-likeness (QED) is 0.887. The fourth-order valence-electron chi connectivity index (χ4n) is 2.74. The van der Waals surface area contributed by atoms with Gasteiger partial charge in [0.15, 0.2) is 11.6 Å². The third kappa shape index (κ3) is 3.15. The number of amides is 1. The average Bonchev–Trinajstić information content (AvgIpc) is 3.17. The monoisotopic (exact) mass is 308 g/mol. The zero-order valence-corrected chi connectivity index (χ0v) is 13.5. The molecule has 1 aromatic heterocycles. The van der Waals surface area contributed by atoms with Crippen LogP contribution in [-0.2, 0) is 19.7 Å². The number of H-pyrrole nitrogens is 1. The Morgan fingerprint density at radius 2 is 2.14 bits per heavy atom. The van der Waals surface area contributed by atoms with Crippen molar-refractivity contribution in [3.05, 3.63) is 11.6 Å². The molecular formula is C15H24N4O3. The van der Waals surface area contributed by atoms with Crippen LogP contribution in [0.5, 0.6) is 0 Å². The Labute approximate surface area is 130 Å². The first kappa shape index (κ1) is 15.4. The summed E-state index contributed by atoms with van der Waals surface area (Å²) in [4.78, 5) is 18.8. The Bertz CT molecular complexity index is 531. The molecule has 2 saturated heterocycles. The van der Waals surface area contributed by atoms with Crippen LogP contribution in [0, 0.1) is 0 Å². The number of hydrogen-bond acceptors (Lipinski definition) is 5. The number of morpholine rings is 1. The molecule has 22 heavy (non-hydrogen) atoms. The largest absolute Gasteiger partial charge is 0.368 e. The minimum Gasteiger partial charge on any atom is -0.368 e. The lowest BCUT2D eigenvalue weighted by atomic mass is 9.96. The van der Waals surface area contributed by atoms with E-state index in [0.29, 0.717) is 32.1 Å². The number of rotatable bonds is 2. The van der Waals surface area contributed by atoms with Gasteiger partial charge in [-0.3, -0.25) is 9.89 Å². The predicted molar refractivity (Wildman–Crippen MR) is 79.3 cm³/mol. The van der Waals surface area contributed by atoms with E-state index < -0.39 is 0 Å². The van der Waals surface area contributed by atoms with Gasteiger partial charge in [-0.25, -0.2) is 4.98 Å². The Kier molecular flexibility index (Phi) is 4.18. The molecule has 7 nitrogen and oxygen atoms in total. The molecule has 2 fully saturated rings. The Morgan fingerprint density at radius 3 is 2.77 bits per heavy atom. The summed E-state index contributed by atoms with van der Waals surface area (Å²) in [6, 6.07) is 0. The predicted octanol–water partition coefficient (Wildman–Crippen LogP) is 1.18. The second kappa shape index (κ2) is 5.96. The number of nitrogens with zero attached hydrogens (tertiary/aromatic N) is 3. The molecule has 2 atom stereocenters. The molecule has 7 heteroatoms. The number of aromatic amines is 1. The number of carbonyl (C=O) groups excluding carboxylic acids is 1. The van der Waals surface area contributed by atoms with Crippen LogP contribution in [-0.4, -0.2) is 58.4 Å². The van der Waals surface area contributed by atoms with Gasteiger partial charge in [0.1, 0.15) is 12.2 Å². The van der Waals surface area contributed by atoms with Gasteiger partial charge in [-0.2, -0.15) is 5.10 Å². The molecule has 1 amide bonds. The van der Waals surface area contributed by atoms with Crippen molar-refractivity contribution in [1.29, 1.82) is 0 Å². The van der Waals surface area contributed by atoms with Crippen LogP contribution in [0.2, 0.25) is 0 Å². The average molecular weight is 308 g/mol. The number of hydrogen-bond donors (Lipinski definition) is 1. The maximum Gasteiger partial charge on any atom is 0.251 e. The molecule has 0 aliphatic carbocycles. The first-order chi connectivity index (χ1) is 10.4. The fourth-order valence-corrected chi connectivity index (χ4v) is 2.74. The minimum atomic E-state index is -0.279. The number of ether oxygens (including phenoxy) is 2. The van der Waals surface area contributed by atoms with Crippen molar-refractivity contribution in [2.24, 2.45) is 0 Å². The van der Waals surface area contributed by atoms with Crippen LogP contribution in [0.3, 0.4) is 0 Å². The zero-order valence-electron chi connectivity index (χ0n) is 13.5. The molecule has 0 saturated carbocycles. The van der Waals surface area contributed by atoms with Gasteiger partial charge < -0.3 is 14.4 Å². The van der Waals surface area contributed by atoms with E-state index in [1.165, 1.54) is 0 Å². The van der Waals surface area contributed by atoms with E-state index in [-0.39, 0.29) is 23.5 Å². The van der Waals surface area contributed by atoms with Crippen molar-refractivity contribution in [2.45, 2.75) is 51.2 Å². The fraction of sp³-hybridized carbons (Fsp3) is 0.800. The van der Waals surface area contributed by atoms with Crippen molar-refractivity contribution in [1.82, 2.24) is 20.1 Å². The molecule has 0 aromatic carbocycles. The summed E-state index contributed by atoms with van der Waals surface area (Å²) in [5.41, 5.74) is -0.114. The molecule has 1 aromatic rings. The summed E-state index contributed by atoms with van der Waals surface area (Å²) >= 11 is 0. The van der Waals surface area contributed by atoms with Crippen molar-refractivity contribution in [3.8, 4) is 0 Å². The van der Waals surface area contributed by atoms with Crippen LogP contribution in [0.1, 0.15) is 51.4 Å². The molecule has 3 rings (SSSR count). The Morgan fingerprint density at radius 1 is 1.32 bits per heavy atom. The van der Waals surface area contributed by atoms with Crippen molar-refractivity contribution < 1.29 is 14.3 Å². The van der Waals surface area contributed by atoms with Crippen LogP contribution in [0.25, 0.3) is 0 Å². The van der Waals surface area contributed by atoms with Crippen LogP contribution in [0.15, 0.2) is 0 Å². The van der Waals surface area contributed by atoms with E-state index in [0.717, 1.165) is 18.7 Å². The molecule has 2 unspecified atom stereocenters. The molecule has 0 radical (unpaired) electrons.